The number of rotatable bonds is 7. The van der Waals surface area contributed by atoms with Gasteiger partial charge in [0.1, 0.15) is 12.2 Å². The fourth-order valence-electron chi connectivity index (χ4n) is 1.51. The average Bonchev–Trinajstić information content (AvgIpc) is 2.62. The number of aromatic nitrogens is 3. The Labute approximate surface area is 96.5 Å². The number of ether oxygens (including phenoxy) is 1. The van der Waals surface area contributed by atoms with Crippen molar-refractivity contribution in [3.05, 3.63) is 12.2 Å². The molecule has 1 unspecified atom stereocenters. The van der Waals surface area contributed by atoms with E-state index in [9.17, 15) is 5.11 Å². The number of hydrogen-bond acceptors (Lipinski definition) is 4. The lowest BCUT2D eigenvalue weighted by molar-refractivity contribution is 0.108. The second-order valence-electron chi connectivity index (χ2n) is 4.39. The molecule has 1 atom stereocenters. The quantitative estimate of drug-likeness (QED) is 0.751. The van der Waals surface area contributed by atoms with E-state index in [2.05, 4.69) is 23.9 Å². The van der Waals surface area contributed by atoms with Gasteiger partial charge in [-0.2, -0.15) is 5.10 Å². The van der Waals surface area contributed by atoms with Gasteiger partial charge in [0, 0.05) is 26.7 Å². The van der Waals surface area contributed by atoms with E-state index in [0.29, 0.717) is 25.4 Å². The summed E-state index contributed by atoms with van der Waals surface area (Å²) in [7, 11) is 1.63. The Kier molecular flexibility index (Phi) is 5.42. The average molecular weight is 227 g/mol. The fraction of sp³-hybridized carbons (Fsp3) is 0.818. The van der Waals surface area contributed by atoms with Crippen LogP contribution < -0.4 is 0 Å². The molecule has 0 fully saturated rings. The van der Waals surface area contributed by atoms with Gasteiger partial charge in [-0.05, 0) is 12.3 Å². The SMILES string of the molecule is COCCC(O)Cc1ncnn1CC(C)C. The molecule has 0 saturated heterocycles. The molecule has 0 aliphatic heterocycles. The Balaban J connectivity index is 2.49. The van der Waals surface area contributed by atoms with Crippen molar-refractivity contribution in [1.29, 1.82) is 0 Å². The van der Waals surface area contributed by atoms with Crippen LogP contribution in [0.4, 0.5) is 0 Å². The van der Waals surface area contributed by atoms with Crippen LogP contribution in [0.25, 0.3) is 0 Å². The van der Waals surface area contributed by atoms with E-state index in [1.807, 2.05) is 4.68 Å². The number of aliphatic hydroxyl groups excluding tert-OH is 1. The van der Waals surface area contributed by atoms with Crippen LogP contribution >= 0.6 is 0 Å². The van der Waals surface area contributed by atoms with Gasteiger partial charge in [0.2, 0.25) is 0 Å². The molecule has 0 radical (unpaired) electrons. The molecule has 1 heterocycles. The molecule has 1 aromatic heterocycles. The Morgan fingerprint density at radius 2 is 2.25 bits per heavy atom. The van der Waals surface area contributed by atoms with Crippen LogP contribution in [-0.2, 0) is 17.7 Å². The van der Waals surface area contributed by atoms with Crippen molar-refractivity contribution in [2.75, 3.05) is 13.7 Å². The van der Waals surface area contributed by atoms with E-state index < -0.39 is 6.10 Å². The van der Waals surface area contributed by atoms with E-state index in [0.717, 1.165) is 12.4 Å². The maximum atomic E-state index is 9.75. The summed E-state index contributed by atoms with van der Waals surface area (Å²) in [5.74, 6) is 1.37. The Morgan fingerprint density at radius 3 is 2.88 bits per heavy atom. The summed E-state index contributed by atoms with van der Waals surface area (Å²) in [6, 6.07) is 0. The zero-order chi connectivity index (χ0) is 12.0. The third kappa shape index (κ3) is 4.28. The molecule has 1 N–H and O–H groups in total. The van der Waals surface area contributed by atoms with Gasteiger partial charge in [-0.25, -0.2) is 9.67 Å². The predicted molar refractivity (Wildman–Crippen MR) is 61.1 cm³/mol. The molecule has 0 aliphatic carbocycles. The lowest BCUT2D eigenvalue weighted by atomic mass is 10.2. The van der Waals surface area contributed by atoms with Crippen molar-refractivity contribution in [3.8, 4) is 0 Å². The van der Waals surface area contributed by atoms with Gasteiger partial charge in [0.05, 0.1) is 6.10 Å². The minimum Gasteiger partial charge on any atom is -0.393 e. The fourth-order valence-corrected chi connectivity index (χ4v) is 1.51. The molecule has 0 aromatic carbocycles. The molecule has 5 nitrogen and oxygen atoms in total. The number of methoxy groups -OCH3 is 1. The van der Waals surface area contributed by atoms with Crippen LogP contribution in [0.5, 0.6) is 0 Å². The van der Waals surface area contributed by atoms with Crippen LogP contribution in [0.2, 0.25) is 0 Å². The monoisotopic (exact) mass is 227 g/mol. The minimum atomic E-state index is -0.407. The van der Waals surface area contributed by atoms with Crippen molar-refractivity contribution >= 4 is 0 Å². The first-order valence-corrected chi connectivity index (χ1v) is 5.67. The lowest BCUT2D eigenvalue weighted by Gasteiger charge is -2.12. The van der Waals surface area contributed by atoms with Gasteiger partial charge in [0.15, 0.2) is 0 Å². The summed E-state index contributed by atoms with van der Waals surface area (Å²) in [6.07, 6.45) is 2.30. The Bertz CT molecular complexity index is 299. The summed E-state index contributed by atoms with van der Waals surface area (Å²) in [6.45, 7) is 5.67. The predicted octanol–water partition coefficient (Wildman–Crippen LogP) is 0.874. The first-order chi connectivity index (χ1) is 7.63. The molecule has 1 aromatic rings. The minimum absolute atomic E-state index is 0.407. The second kappa shape index (κ2) is 6.60. The first-order valence-electron chi connectivity index (χ1n) is 5.67. The third-order valence-electron chi connectivity index (χ3n) is 2.31. The zero-order valence-corrected chi connectivity index (χ0v) is 10.3. The summed E-state index contributed by atoms with van der Waals surface area (Å²) in [5.41, 5.74) is 0. The lowest BCUT2D eigenvalue weighted by Crippen LogP contribution is -2.18. The smallest absolute Gasteiger partial charge is 0.138 e. The summed E-state index contributed by atoms with van der Waals surface area (Å²) >= 11 is 0. The van der Waals surface area contributed by atoms with Gasteiger partial charge < -0.3 is 9.84 Å². The van der Waals surface area contributed by atoms with Gasteiger partial charge in [-0.15, -0.1) is 0 Å². The Hall–Kier alpha value is -0.940. The molecule has 0 aliphatic rings. The van der Waals surface area contributed by atoms with Crippen molar-refractivity contribution in [2.45, 2.75) is 39.3 Å². The van der Waals surface area contributed by atoms with Gasteiger partial charge in [0.25, 0.3) is 0 Å². The highest BCUT2D eigenvalue weighted by Crippen LogP contribution is 2.05. The van der Waals surface area contributed by atoms with Crippen molar-refractivity contribution in [1.82, 2.24) is 14.8 Å². The Morgan fingerprint density at radius 1 is 1.50 bits per heavy atom. The van der Waals surface area contributed by atoms with Gasteiger partial charge >= 0.3 is 0 Å². The van der Waals surface area contributed by atoms with E-state index in [1.54, 1.807) is 13.4 Å². The molecule has 0 spiro atoms. The maximum Gasteiger partial charge on any atom is 0.138 e. The van der Waals surface area contributed by atoms with Gasteiger partial charge in [-0.3, -0.25) is 0 Å². The van der Waals surface area contributed by atoms with Crippen LogP contribution in [0.3, 0.4) is 0 Å². The van der Waals surface area contributed by atoms with Crippen LogP contribution in [0.15, 0.2) is 6.33 Å². The van der Waals surface area contributed by atoms with Crippen molar-refractivity contribution in [2.24, 2.45) is 5.92 Å². The van der Waals surface area contributed by atoms with Crippen LogP contribution in [-0.4, -0.2) is 39.7 Å². The highest BCUT2D eigenvalue weighted by atomic mass is 16.5. The van der Waals surface area contributed by atoms with Gasteiger partial charge in [-0.1, -0.05) is 13.8 Å². The molecule has 16 heavy (non-hydrogen) atoms. The van der Waals surface area contributed by atoms with Crippen LogP contribution in [0.1, 0.15) is 26.1 Å². The second-order valence-corrected chi connectivity index (χ2v) is 4.39. The highest BCUT2D eigenvalue weighted by molar-refractivity contribution is 4.87. The molecule has 92 valence electrons. The third-order valence-corrected chi connectivity index (χ3v) is 2.31. The zero-order valence-electron chi connectivity index (χ0n) is 10.3. The molecule has 0 saturated carbocycles. The van der Waals surface area contributed by atoms with E-state index in [1.165, 1.54) is 0 Å². The van der Waals surface area contributed by atoms with Crippen LogP contribution in [0, 0.1) is 5.92 Å². The highest BCUT2D eigenvalue weighted by Gasteiger charge is 2.11. The normalized spacial score (nSPS) is 13.3. The van der Waals surface area contributed by atoms with E-state index >= 15 is 0 Å². The first kappa shape index (κ1) is 13.1. The van der Waals surface area contributed by atoms with E-state index in [-0.39, 0.29) is 0 Å². The summed E-state index contributed by atoms with van der Waals surface area (Å²) < 4.78 is 6.79. The molecular weight excluding hydrogens is 206 g/mol. The van der Waals surface area contributed by atoms with Crippen molar-refractivity contribution in [3.63, 3.8) is 0 Å². The molecular formula is C11H21N3O2. The summed E-state index contributed by atoms with van der Waals surface area (Å²) in [5, 5.41) is 13.9. The molecule has 0 bridgehead atoms. The topological polar surface area (TPSA) is 60.2 Å². The van der Waals surface area contributed by atoms with Crippen molar-refractivity contribution < 1.29 is 9.84 Å². The van der Waals surface area contributed by atoms with E-state index in [4.69, 9.17) is 4.74 Å². The number of aliphatic hydroxyl groups is 1. The maximum absolute atomic E-state index is 9.75. The largest absolute Gasteiger partial charge is 0.393 e. The molecule has 1 rings (SSSR count). The molecule has 0 amide bonds. The molecule has 5 heteroatoms. The number of nitrogens with zero attached hydrogens (tertiary/aromatic N) is 3. The summed E-state index contributed by atoms with van der Waals surface area (Å²) in [4.78, 5) is 4.17. The number of hydrogen-bond donors (Lipinski definition) is 1. The standard InChI is InChI=1S/C11H21N3O2/c1-9(2)7-14-11(12-8-13-14)6-10(15)4-5-16-3/h8-10,15H,4-7H2,1-3H3.